The van der Waals surface area contributed by atoms with Crippen molar-refractivity contribution in [3.8, 4) is 5.75 Å². The Bertz CT molecular complexity index is 527. The fourth-order valence-corrected chi connectivity index (χ4v) is 3.25. The quantitative estimate of drug-likeness (QED) is 0.773. The van der Waals surface area contributed by atoms with E-state index in [4.69, 9.17) is 14.9 Å². The number of hydrogen-bond donors (Lipinski definition) is 2. The second kappa shape index (κ2) is 6.43. The van der Waals surface area contributed by atoms with Crippen LogP contribution in [0.25, 0.3) is 0 Å². The van der Waals surface area contributed by atoms with Crippen LogP contribution < -0.4 is 9.64 Å². The molecule has 0 amide bonds. The highest BCUT2D eigenvalue weighted by molar-refractivity contribution is 7.91. The summed E-state index contributed by atoms with van der Waals surface area (Å²) in [5, 5.41) is 18.0. The van der Waals surface area contributed by atoms with Crippen LogP contribution in [0.5, 0.6) is 5.75 Å². The number of nitrogens with zero attached hydrogens (tertiary/aromatic N) is 1. The lowest BCUT2D eigenvalue weighted by molar-refractivity contribution is 0.0630. The maximum atomic E-state index is 11.4. The first-order valence-electron chi connectivity index (χ1n) is 6.48. The van der Waals surface area contributed by atoms with Gasteiger partial charge in [0.1, 0.15) is 11.9 Å². The summed E-state index contributed by atoms with van der Waals surface area (Å²) in [6.07, 6.45) is -0.646. The fourth-order valence-electron chi connectivity index (χ4n) is 2.05. The van der Waals surface area contributed by atoms with Crippen LogP contribution in [0.1, 0.15) is 0 Å². The van der Waals surface area contributed by atoms with E-state index >= 15 is 0 Å². The second-order valence-electron chi connectivity index (χ2n) is 4.74. The third-order valence-electron chi connectivity index (χ3n) is 3.24. The average molecular weight is 301 g/mol. The van der Waals surface area contributed by atoms with Gasteiger partial charge >= 0.3 is 0 Å². The zero-order valence-corrected chi connectivity index (χ0v) is 11.9. The number of sulfone groups is 1. The summed E-state index contributed by atoms with van der Waals surface area (Å²) >= 11 is 0. The Morgan fingerprint density at radius 2 is 1.85 bits per heavy atom. The van der Waals surface area contributed by atoms with Crippen LogP contribution in [-0.4, -0.2) is 62.5 Å². The van der Waals surface area contributed by atoms with Crippen molar-refractivity contribution < 1.29 is 23.4 Å². The highest BCUT2D eigenvalue weighted by Gasteiger charge is 2.22. The van der Waals surface area contributed by atoms with Gasteiger partial charge in [0.2, 0.25) is 0 Å². The number of aliphatic hydroxyl groups excluding tert-OH is 2. The van der Waals surface area contributed by atoms with Gasteiger partial charge in [-0.2, -0.15) is 0 Å². The Hall–Kier alpha value is -1.31. The third kappa shape index (κ3) is 3.84. The lowest BCUT2D eigenvalue weighted by atomic mass is 10.2. The molecule has 20 heavy (non-hydrogen) atoms. The van der Waals surface area contributed by atoms with Crippen molar-refractivity contribution in [1.82, 2.24) is 0 Å². The molecule has 6 nitrogen and oxygen atoms in total. The molecule has 0 spiro atoms. The van der Waals surface area contributed by atoms with Gasteiger partial charge in [-0.05, 0) is 12.1 Å². The molecule has 1 aromatic rings. The van der Waals surface area contributed by atoms with E-state index in [9.17, 15) is 8.42 Å². The molecule has 1 aromatic carbocycles. The van der Waals surface area contributed by atoms with Crippen molar-refractivity contribution in [3.63, 3.8) is 0 Å². The molecule has 1 saturated heterocycles. The summed E-state index contributed by atoms with van der Waals surface area (Å²) in [4.78, 5) is 1.99. The van der Waals surface area contributed by atoms with Crippen LogP contribution in [0.3, 0.4) is 0 Å². The zero-order chi connectivity index (χ0) is 14.6. The predicted octanol–water partition coefficient (Wildman–Crippen LogP) is -0.347. The summed E-state index contributed by atoms with van der Waals surface area (Å²) < 4.78 is 28.3. The Balaban J connectivity index is 2.06. The van der Waals surface area contributed by atoms with Gasteiger partial charge in [0.05, 0.1) is 24.7 Å². The molecule has 0 saturated carbocycles. The highest BCUT2D eigenvalue weighted by atomic mass is 32.2. The van der Waals surface area contributed by atoms with E-state index in [1.54, 1.807) is 18.2 Å². The number of benzene rings is 1. The van der Waals surface area contributed by atoms with Gasteiger partial charge in [0.15, 0.2) is 9.84 Å². The molecule has 0 aliphatic carbocycles. The largest absolute Gasteiger partial charge is 0.486 e. The van der Waals surface area contributed by atoms with E-state index in [-0.39, 0.29) is 24.7 Å². The number of ether oxygens (including phenoxy) is 1. The first-order chi connectivity index (χ1) is 9.54. The molecular formula is C13H19NO5S. The summed E-state index contributed by atoms with van der Waals surface area (Å²) in [6.45, 7) is 0.413. The van der Waals surface area contributed by atoms with Crippen molar-refractivity contribution in [3.05, 3.63) is 24.3 Å². The molecule has 7 heteroatoms. The molecular weight excluding hydrogens is 282 g/mol. The molecule has 1 heterocycles. The van der Waals surface area contributed by atoms with Crippen molar-refractivity contribution in [2.24, 2.45) is 0 Å². The smallest absolute Gasteiger partial charge is 0.153 e. The van der Waals surface area contributed by atoms with Crippen LogP contribution >= 0.6 is 0 Å². The zero-order valence-electron chi connectivity index (χ0n) is 11.1. The van der Waals surface area contributed by atoms with Gasteiger partial charge < -0.3 is 19.8 Å². The lowest BCUT2D eigenvalue weighted by Crippen LogP contribution is -2.40. The monoisotopic (exact) mass is 301 g/mol. The van der Waals surface area contributed by atoms with Gasteiger partial charge in [0, 0.05) is 24.8 Å². The topological polar surface area (TPSA) is 87.1 Å². The Kier molecular flexibility index (Phi) is 4.85. The Morgan fingerprint density at radius 3 is 2.45 bits per heavy atom. The SMILES string of the molecule is O=S1(=O)CCN(c2cccc(OC(CO)CO)c2)CC1. The lowest BCUT2D eigenvalue weighted by Gasteiger charge is -2.29. The summed E-state index contributed by atoms with van der Waals surface area (Å²) in [5.41, 5.74) is 0.882. The minimum Gasteiger partial charge on any atom is -0.486 e. The fraction of sp³-hybridized carbons (Fsp3) is 0.538. The van der Waals surface area contributed by atoms with Crippen molar-refractivity contribution in [2.45, 2.75) is 6.10 Å². The number of aliphatic hydroxyl groups is 2. The summed E-state index contributed by atoms with van der Waals surface area (Å²) in [6, 6.07) is 7.22. The van der Waals surface area contributed by atoms with Gasteiger partial charge in [-0.1, -0.05) is 6.07 Å². The van der Waals surface area contributed by atoms with Crippen LogP contribution in [0, 0.1) is 0 Å². The van der Waals surface area contributed by atoms with E-state index < -0.39 is 15.9 Å². The normalized spacial score (nSPS) is 18.2. The van der Waals surface area contributed by atoms with E-state index in [0.29, 0.717) is 18.8 Å². The summed E-state index contributed by atoms with van der Waals surface area (Å²) in [7, 11) is -2.90. The second-order valence-corrected chi connectivity index (χ2v) is 7.04. The number of rotatable bonds is 5. The maximum Gasteiger partial charge on any atom is 0.153 e. The van der Waals surface area contributed by atoms with E-state index in [1.807, 2.05) is 11.0 Å². The van der Waals surface area contributed by atoms with Gasteiger partial charge in [-0.15, -0.1) is 0 Å². The first-order valence-corrected chi connectivity index (χ1v) is 8.30. The molecule has 0 unspecified atom stereocenters. The molecule has 0 radical (unpaired) electrons. The molecule has 2 N–H and O–H groups in total. The predicted molar refractivity (Wildman–Crippen MR) is 75.9 cm³/mol. The van der Waals surface area contributed by atoms with Crippen LogP contribution in [0.15, 0.2) is 24.3 Å². The molecule has 1 aliphatic heterocycles. The first kappa shape index (κ1) is 15.1. The standard InChI is InChI=1S/C13H19NO5S/c15-9-13(10-16)19-12-3-1-2-11(8-12)14-4-6-20(17,18)7-5-14/h1-3,8,13,15-16H,4-7,9-10H2. The van der Waals surface area contributed by atoms with Gasteiger partial charge in [0.25, 0.3) is 0 Å². The van der Waals surface area contributed by atoms with Crippen LogP contribution in [0.4, 0.5) is 5.69 Å². The molecule has 2 rings (SSSR count). The minimum atomic E-state index is -2.90. The third-order valence-corrected chi connectivity index (χ3v) is 4.85. The van der Waals surface area contributed by atoms with Crippen LogP contribution in [0.2, 0.25) is 0 Å². The average Bonchev–Trinajstić information content (AvgIpc) is 2.45. The van der Waals surface area contributed by atoms with E-state index in [0.717, 1.165) is 5.69 Å². The van der Waals surface area contributed by atoms with E-state index in [2.05, 4.69) is 0 Å². The Morgan fingerprint density at radius 1 is 1.20 bits per heavy atom. The number of hydrogen-bond acceptors (Lipinski definition) is 6. The minimum absolute atomic E-state index is 0.161. The van der Waals surface area contributed by atoms with Gasteiger partial charge in [-0.3, -0.25) is 0 Å². The molecule has 0 aromatic heterocycles. The van der Waals surface area contributed by atoms with E-state index in [1.165, 1.54) is 0 Å². The molecule has 1 fully saturated rings. The van der Waals surface area contributed by atoms with Crippen molar-refractivity contribution in [2.75, 3.05) is 42.7 Å². The van der Waals surface area contributed by atoms with Crippen molar-refractivity contribution in [1.29, 1.82) is 0 Å². The molecule has 0 bridgehead atoms. The number of anilines is 1. The highest BCUT2D eigenvalue weighted by Crippen LogP contribution is 2.23. The summed E-state index contributed by atoms with van der Waals surface area (Å²) in [5.74, 6) is 0.867. The molecule has 1 aliphatic rings. The molecule has 0 atom stereocenters. The van der Waals surface area contributed by atoms with Crippen LogP contribution in [-0.2, 0) is 9.84 Å². The van der Waals surface area contributed by atoms with Gasteiger partial charge in [-0.25, -0.2) is 8.42 Å². The Labute approximate surface area is 118 Å². The molecule has 112 valence electrons. The maximum absolute atomic E-state index is 11.4. The van der Waals surface area contributed by atoms with Crippen molar-refractivity contribution >= 4 is 15.5 Å².